The number of rotatable bonds is 2. The summed E-state index contributed by atoms with van der Waals surface area (Å²) < 4.78 is 5.81. The van der Waals surface area contributed by atoms with Crippen LogP contribution in [0.4, 0.5) is 0 Å². The van der Waals surface area contributed by atoms with Gasteiger partial charge in [-0.05, 0) is 30.0 Å². The summed E-state index contributed by atoms with van der Waals surface area (Å²) >= 11 is 0. The molecule has 4 nitrogen and oxygen atoms in total. The van der Waals surface area contributed by atoms with E-state index >= 15 is 0 Å². The third-order valence-corrected chi connectivity index (χ3v) is 3.52. The molecular weight excluding hydrogens is 238 g/mol. The molecule has 0 saturated heterocycles. The number of aromatic nitrogens is 2. The van der Waals surface area contributed by atoms with E-state index in [2.05, 4.69) is 22.1 Å². The maximum Gasteiger partial charge on any atom is 0.116 e. The monoisotopic (exact) mass is 255 g/mol. The SMILES string of the molecule is NC[C@@H]1OCCCc2c(-c3ccncn3)cccc21. The molecule has 0 radical (unpaired) electrons. The van der Waals surface area contributed by atoms with Gasteiger partial charge in [0.25, 0.3) is 0 Å². The summed E-state index contributed by atoms with van der Waals surface area (Å²) in [6.07, 6.45) is 5.38. The van der Waals surface area contributed by atoms with Crippen LogP contribution in [0.25, 0.3) is 11.3 Å². The van der Waals surface area contributed by atoms with Crippen molar-refractivity contribution in [2.75, 3.05) is 13.2 Å². The van der Waals surface area contributed by atoms with E-state index < -0.39 is 0 Å². The fourth-order valence-electron chi connectivity index (χ4n) is 2.63. The summed E-state index contributed by atoms with van der Waals surface area (Å²) in [6.45, 7) is 1.28. The predicted octanol–water partition coefficient (Wildman–Crippen LogP) is 2.11. The molecule has 0 aliphatic carbocycles. The zero-order chi connectivity index (χ0) is 13.1. The lowest BCUT2D eigenvalue weighted by Crippen LogP contribution is -2.16. The predicted molar refractivity (Wildman–Crippen MR) is 73.5 cm³/mol. The Labute approximate surface area is 112 Å². The lowest BCUT2D eigenvalue weighted by Gasteiger charge is -2.17. The molecule has 0 spiro atoms. The van der Waals surface area contributed by atoms with Crippen molar-refractivity contribution in [3.05, 3.63) is 47.9 Å². The van der Waals surface area contributed by atoms with Crippen LogP contribution in [0.5, 0.6) is 0 Å². The van der Waals surface area contributed by atoms with Crippen molar-refractivity contribution in [3.8, 4) is 11.3 Å². The zero-order valence-electron chi connectivity index (χ0n) is 10.7. The molecule has 19 heavy (non-hydrogen) atoms. The molecule has 0 amide bonds. The Morgan fingerprint density at radius 2 is 2.26 bits per heavy atom. The number of benzene rings is 1. The van der Waals surface area contributed by atoms with Gasteiger partial charge in [0.1, 0.15) is 6.33 Å². The quantitative estimate of drug-likeness (QED) is 0.892. The molecule has 4 heteroatoms. The molecule has 3 rings (SSSR count). The van der Waals surface area contributed by atoms with Gasteiger partial charge in [0, 0.05) is 24.9 Å². The normalized spacial score (nSPS) is 18.7. The van der Waals surface area contributed by atoms with E-state index in [-0.39, 0.29) is 6.10 Å². The van der Waals surface area contributed by atoms with Gasteiger partial charge in [-0.15, -0.1) is 0 Å². The Morgan fingerprint density at radius 3 is 3.05 bits per heavy atom. The number of nitrogens with zero attached hydrogens (tertiary/aromatic N) is 2. The van der Waals surface area contributed by atoms with Crippen molar-refractivity contribution in [1.29, 1.82) is 0 Å². The van der Waals surface area contributed by atoms with E-state index in [1.807, 2.05) is 12.1 Å². The first-order valence-corrected chi connectivity index (χ1v) is 6.60. The van der Waals surface area contributed by atoms with E-state index in [4.69, 9.17) is 10.5 Å². The van der Waals surface area contributed by atoms with Crippen LogP contribution in [0.15, 0.2) is 36.8 Å². The Bertz CT molecular complexity index is 557. The molecule has 1 aromatic carbocycles. The van der Waals surface area contributed by atoms with Crippen LogP contribution in [-0.2, 0) is 11.2 Å². The molecule has 98 valence electrons. The summed E-state index contributed by atoms with van der Waals surface area (Å²) in [6, 6.07) is 8.22. The van der Waals surface area contributed by atoms with Crippen LogP contribution in [0, 0.1) is 0 Å². The highest BCUT2D eigenvalue weighted by Gasteiger charge is 2.20. The van der Waals surface area contributed by atoms with Crippen LogP contribution in [-0.4, -0.2) is 23.1 Å². The summed E-state index contributed by atoms with van der Waals surface area (Å²) in [4.78, 5) is 8.33. The standard InChI is InChI=1S/C15H17N3O/c16-9-15-13-4-1-3-12(11(13)5-2-8-19-15)14-6-7-17-10-18-14/h1,3-4,6-7,10,15H,2,5,8-9,16H2/t15-/m0/s1. The maximum atomic E-state index is 5.83. The number of ether oxygens (including phenoxy) is 1. The largest absolute Gasteiger partial charge is 0.372 e. The number of hydrogen-bond donors (Lipinski definition) is 1. The summed E-state index contributed by atoms with van der Waals surface area (Å²) in [5.41, 5.74) is 10.5. The molecule has 0 fully saturated rings. The Morgan fingerprint density at radius 1 is 1.32 bits per heavy atom. The number of fused-ring (bicyclic) bond motifs is 1. The highest BCUT2D eigenvalue weighted by molar-refractivity contribution is 5.65. The maximum absolute atomic E-state index is 5.83. The minimum absolute atomic E-state index is 0.000660. The van der Waals surface area contributed by atoms with Gasteiger partial charge in [-0.2, -0.15) is 0 Å². The van der Waals surface area contributed by atoms with Crippen LogP contribution in [0.3, 0.4) is 0 Å². The molecule has 0 saturated carbocycles. The number of hydrogen-bond acceptors (Lipinski definition) is 4. The topological polar surface area (TPSA) is 61.0 Å². The summed E-state index contributed by atoms with van der Waals surface area (Å²) in [7, 11) is 0. The van der Waals surface area contributed by atoms with Crippen molar-refractivity contribution >= 4 is 0 Å². The van der Waals surface area contributed by atoms with E-state index in [0.29, 0.717) is 6.54 Å². The zero-order valence-corrected chi connectivity index (χ0v) is 10.7. The van der Waals surface area contributed by atoms with Crippen LogP contribution in [0.1, 0.15) is 23.7 Å². The van der Waals surface area contributed by atoms with Gasteiger partial charge in [-0.3, -0.25) is 0 Å². The summed E-state index contributed by atoms with van der Waals surface area (Å²) in [5.74, 6) is 0. The number of nitrogens with two attached hydrogens (primary N) is 1. The molecule has 2 aromatic rings. The van der Waals surface area contributed by atoms with Crippen LogP contribution >= 0.6 is 0 Å². The minimum Gasteiger partial charge on any atom is -0.372 e. The fraction of sp³-hybridized carbons (Fsp3) is 0.333. The third kappa shape index (κ3) is 2.37. The van der Waals surface area contributed by atoms with E-state index in [1.54, 1.807) is 12.5 Å². The molecule has 1 aliphatic heterocycles. The molecule has 1 aliphatic rings. The van der Waals surface area contributed by atoms with E-state index in [1.165, 1.54) is 16.7 Å². The van der Waals surface area contributed by atoms with Crippen molar-refractivity contribution in [2.45, 2.75) is 18.9 Å². The van der Waals surface area contributed by atoms with Gasteiger partial charge in [0.05, 0.1) is 11.8 Å². The minimum atomic E-state index is -0.000660. The molecule has 1 atom stereocenters. The van der Waals surface area contributed by atoms with Crippen molar-refractivity contribution in [3.63, 3.8) is 0 Å². The van der Waals surface area contributed by atoms with Gasteiger partial charge in [-0.1, -0.05) is 18.2 Å². The smallest absolute Gasteiger partial charge is 0.116 e. The highest BCUT2D eigenvalue weighted by Crippen LogP contribution is 2.32. The molecule has 0 unspecified atom stereocenters. The van der Waals surface area contributed by atoms with Gasteiger partial charge in [-0.25, -0.2) is 9.97 Å². The van der Waals surface area contributed by atoms with E-state index in [9.17, 15) is 0 Å². The van der Waals surface area contributed by atoms with Crippen molar-refractivity contribution in [1.82, 2.24) is 9.97 Å². The first-order valence-electron chi connectivity index (χ1n) is 6.60. The second-order valence-corrected chi connectivity index (χ2v) is 4.67. The Hall–Kier alpha value is -1.78. The molecule has 1 aromatic heterocycles. The highest BCUT2D eigenvalue weighted by atomic mass is 16.5. The van der Waals surface area contributed by atoms with Gasteiger partial charge in [0.2, 0.25) is 0 Å². The lowest BCUT2D eigenvalue weighted by molar-refractivity contribution is 0.0627. The van der Waals surface area contributed by atoms with E-state index in [0.717, 1.165) is 25.1 Å². The van der Waals surface area contributed by atoms with Gasteiger partial charge in [0.15, 0.2) is 0 Å². The fourth-order valence-corrected chi connectivity index (χ4v) is 2.63. The third-order valence-electron chi connectivity index (χ3n) is 3.52. The molecular formula is C15H17N3O. The first kappa shape index (κ1) is 12.3. The average Bonchev–Trinajstić information content (AvgIpc) is 2.69. The molecule has 2 N–H and O–H groups in total. The van der Waals surface area contributed by atoms with Gasteiger partial charge < -0.3 is 10.5 Å². The second-order valence-electron chi connectivity index (χ2n) is 4.67. The average molecular weight is 255 g/mol. The first-order chi connectivity index (χ1) is 9.40. The Kier molecular flexibility index (Phi) is 3.53. The van der Waals surface area contributed by atoms with Crippen molar-refractivity contribution in [2.24, 2.45) is 5.73 Å². The van der Waals surface area contributed by atoms with Crippen LogP contribution in [0.2, 0.25) is 0 Å². The Balaban J connectivity index is 2.12. The van der Waals surface area contributed by atoms with Gasteiger partial charge >= 0.3 is 0 Å². The lowest BCUT2D eigenvalue weighted by atomic mass is 9.93. The van der Waals surface area contributed by atoms with Crippen molar-refractivity contribution < 1.29 is 4.74 Å². The molecule has 2 heterocycles. The second kappa shape index (κ2) is 5.47. The molecule has 0 bridgehead atoms. The summed E-state index contributed by atoms with van der Waals surface area (Å²) in [5, 5.41) is 0. The van der Waals surface area contributed by atoms with Crippen LogP contribution < -0.4 is 5.73 Å².